The molecule has 1 aliphatic carbocycles. The minimum atomic E-state index is -6.76. The standard InChI is InChI=1S/C8H3F9O2/c1-2-3(18)19-8(17)6(13,14)4(9,10)5(11,12)7(8,15)16/h2H,1H2. The molecule has 2 nitrogen and oxygen atoms in total. The largest absolute Gasteiger partial charge is 0.413 e. The number of carbonyl (C=O) groups is 1. The highest BCUT2D eigenvalue weighted by molar-refractivity contribution is 5.81. The number of hydrogen-bond donors (Lipinski definition) is 0. The molecule has 0 aliphatic heterocycles. The molecule has 110 valence electrons. The molecular formula is C8H3F9O2. The summed E-state index contributed by atoms with van der Waals surface area (Å²) in [7, 11) is 0. The molecule has 0 N–H and O–H groups in total. The van der Waals surface area contributed by atoms with Crippen molar-refractivity contribution in [1.29, 1.82) is 0 Å². The van der Waals surface area contributed by atoms with Gasteiger partial charge in [-0.3, -0.25) is 0 Å². The van der Waals surface area contributed by atoms with Gasteiger partial charge in [0.05, 0.1) is 0 Å². The van der Waals surface area contributed by atoms with Crippen LogP contribution in [0, 0.1) is 0 Å². The molecule has 1 saturated carbocycles. The van der Waals surface area contributed by atoms with Gasteiger partial charge in [0.25, 0.3) is 0 Å². The van der Waals surface area contributed by atoms with Crippen molar-refractivity contribution in [3.8, 4) is 0 Å². The summed E-state index contributed by atoms with van der Waals surface area (Å²) in [5.41, 5.74) is 0. The van der Waals surface area contributed by atoms with E-state index in [4.69, 9.17) is 0 Å². The van der Waals surface area contributed by atoms with E-state index in [-0.39, 0.29) is 6.08 Å². The SMILES string of the molecule is C=CC(=O)OC1(F)C(F)(F)C(F)(F)C(F)(F)C1(F)F. The molecular weight excluding hydrogens is 299 g/mol. The fourth-order valence-electron chi connectivity index (χ4n) is 1.30. The molecule has 0 bridgehead atoms. The van der Waals surface area contributed by atoms with Gasteiger partial charge < -0.3 is 4.74 Å². The summed E-state index contributed by atoms with van der Waals surface area (Å²) in [5, 5.41) is 0. The summed E-state index contributed by atoms with van der Waals surface area (Å²) in [6.07, 6.45) is -0.137. The van der Waals surface area contributed by atoms with Crippen LogP contribution in [0.15, 0.2) is 12.7 Å². The van der Waals surface area contributed by atoms with Crippen molar-refractivity contribution in [2.24, 2.45) is 0 Å². The van der Waals surface area contributed by atoms with Crippen LogP contribution in [0.4, 0.5) is 39.5 Å². The van der Waals surface area contributed by atoms with Crippen LogP contribution in [0.1, 0.15) is 0 Å². The first-order chi connectivity index (χ1) is 8.20. The van der Waals surface area contributed by atoms with Crippen LogP contribution in [-0.2, 0) is 9.53 Å². The van der Waals surface area contributed by atoms with Gasteiger partial charge in [0.15, 0.2) is 0 Å². The third-order valence-corrected chi connectivity index (χ3v) is 2.40. The zero-order chi connectivity index (χ0) is 15.5. The maximum atomic E-state index is 13.3. The summed E-state index contributed by atoms with van der Waals surface area (Å²) in [6.45, 7) is 2.50. The summed E-state index contributed by atoms with van der Waals surface area (Å²) in [4.78, 5) is 10.4. The summed E-state index contributed by atoms with van der Waals surface area (Å²) < 4.78 is 118. The molecule has 0 aromatic heterocycles. The number of hydrogen-bond acceptors (Lipinski definition) is 2. The molecule has 0 heterocycles. The van der Waals surface area contributed by atoms with E-state index in [0.29, 0.717) is 0 Å². The van der Waals surface area contributed by atoms with Crippen LogP contribution in [0.5, 0.6) is 0 Å². The van der Waals surface area contributed by atoms with Crippen molar-refractivity contribution in [2.45, 2.75) is 29.5 Å². The van der Waals surface area contributed by atoms with Crippen molar-refractivity contribution in [1.82, 2.24) is 0 Å². The molecule has 0 saturated heterocycles. The lowest BCUT2D eigenvalue weighted by Gasteiger charge is -2.29. The van der Waals surface area contributed by atoms with Crippen molar-refractivity contribution >= 4 is 5.97 Å². The molecule has 0 aromatic carbocycles. The first-order valence-corrected chi connectivity index (χ1v) is 4.26. The van der Waals surface area contributed by atoms with E-state index in [1.54, 1.807) is 0 Å². The van der Waals surface area contributed by atoms with E-state index in [1.807, 2.05) is 0 Å². The molecule has 1 aliphatic rings. The summed E-state index contributed by atoms with van der Waals surface area (Å²) in [5.74, 6) is -35.4. The average Bonchev–Trinajstić information content (AvgIpc) is 2.30. The number of halogens is 9. The molecule has 0 aromatic rings. The monoisotopic (exact) mass is 302 g/mol. The average molecular weight is 302 g/mol. The van der Waals surface area contributed by atoms with Gasteiger partial charge in [-0.1, -0.05) is 6.58 Å². The van der Waals surface area contributed by atoms with Gasteiger partial charge in [-0.2, -0.15) is 39.5 Å². The second-order valence-corrected chi connectivity index (χ2v) is 3.52. The van der Waals surface area contributed by atoms with Crippen LogP contribution in [0.3, 0.4) is 0 Å². The lowest BCUT2D eigenvalue weighted by Crippen LogP contribution is -2.57. The lowest BCUT2D eigenvalue weighted by atomic mass is 10.1. The summed E-state index contributed by atoms with van der Waals surface area (Å²) >= 11 is 0. The third-order valence-electron chi connectivity index (χ3n) is 2.40. The smallest absolute Gasteiger partial charge is 0.391 e. The lowest BCUT2D eigenvalue weighted by molar-refractivity contribution is -0.340. The van der Waals surface area contributed by atoms with Crippen molar-refractivity contribution < 1.29 is 49.0 Å². The molecule has 0 radical (unpaired) electrons. The topological polar surface area (TPSA) is 26.3 Å². The highest BCUT2D eigenvalue weighted by Crippen LogP contribution is 2.69. The van der Waals surface area contributed by atoms with Gasteiger partial charge in [0.2, 0.25) is 0 Å². The van der Waals surface area contributed by atoms with Crippen LogP contribution in [0.25, 0.3) is 0 Å². The molecule has 19 heavy (non-hydrogen) atoms. The van der Waals surface area contributed by atoms with Gasteiger partial charge in [0, 0.05) is 6.08 Å². The molecule has 11 heteroatoms. The Labute approximate surface area is 98.4 Å². The normalized spacial score (nSPS) is 28.7. The van der Waals surface area contributed by atoms with Crippen LogP contribution < -0.4 is 0 Å². The highest BCUT2D eigenvalue weighted by Gasteiger charge is 3.03. The maximum Gasteiger partial charge on any atom is 0.391 e. The predicted molar refractivity (Wildman–Crippen MR) is 39.9 cm³/mol. The van der Waals surface area contributed by atoms with Gasteiger partial charge >= 0.3 is 35.5 Å². The van der Waals surface area contributed by atoms with E-state index in [2.05, 4.69) is 11.3 Å². The predicted octanol–water partition coefficient (Wildman–Crippen LogP) is 2.94. The zero-order valence-corrected chi connectivity index (χ0v) is 8.50. The summed E-state index contributed by atoms with van der Waals surface area (Å²) in [6, 6.07) is 0. The van der Waals surface area contributed by atoms with E-state index < -0.39 is 35.5 Å². The Morgan fingerprint density at radius 2 is 1.11 bits per heavy atom. The minimum Gasteiger partial charge on any atom is -0.413 e. The number of esters is 1. The Morgan fingerprint density at radius 3 is 1.37 bits per heavy atom. The molecule has 0 amide bonds. The molecule has 1 fully saturated rings. The Bertz CT molecular complexity index is 402. The quantitative estimate of drug-likeness (QED) is 0.445. The fraction of sp³-hybridized carbons (Fsp3) is 0.625. The Hall–Kier alpha value is -1.42. The van der Waals surface area contributed by atoms with Gasteiger partial charge in [-0.05, 0) is 0 Å². The van der Waals surface area contributed by atoms with Crippen molar-refractivity contribution in [2.75, 3.05) is 0 Å². The Morgan fingerprint density at radius 1 is 0.789 bits per heavy atom. The molecule has 0 unspecified atom stereocenters. The third kappa shape index (κ3) is 1.38. The highest BCUT2D eigenvalue weighted by atomic mass is 19.4. The Balaban J connectivity index is 3.55. The first-order valence-electron chi connectivity index (χ1n) is 4.26. The molecule has 1 rings (SSSR count). The van der Waals surface area contributed by atoms with E-state index in [9.17, 15) is 44.3 Å². The number of alkyl halides is 9. The van der Waals surface area contributed by atoms with Crippen LogP contribution in [-0.4, -0.2) is 35.5 Å². The van der Waals surface area contributed by atoms with E-state index in [0.717, 1.165) is 0 Å². The van der Waals surface area contributed by atoms with Crippen molar-refractivity contribution in [3.63, 3.8) is 0 Å². The number of carbonyl (C=O) groups excluding carboxylic acids is 1. The second kappa shape index (κ2) is 3.57. The molecule has 0 spiro atoms. The molecule has 0 atom stereocenters. The van der Waals surface area contributed by atoms with Crippen LogP contribution >= 0.6 is 0 Å². The van der Waals surface area contributed by atoms with Gasteiger partial charge in [0.1, 0.15) is 0 Å². The van der Waals surface area contributed by atoms with E-state index in [1.165, 1.54) is 0 Å². The second-order valence-electron chi connectivity index (χ2n) is 3.52. The Kier molecular flexibility index (Phi) is 2.94. The van der Waals surface area contributed by atoms with Gasteiger partial charge in [-0.15, -0.1) is 0 Å². The number of ether oxygens (including phenoxy) is 1. The minimum absolute atomic E-state index is 0.137. The zero-order valence-electron chi connectivity index (χ0n) is 8.50. The fourth-order valence-corrected chi connectivity index (χ4v) is 1.30. The van der Waals surface area contributed by atoms with Crippen LogP contribution in [0.2, 0.25) is 0 Å². The maximum absolute atomic E-state index is 13.3. The van der Waals surface area contributed by atoms with Gasteiger partial charge in [-0.25, -0.2) is 4.79 Å². The van der Waals surface area contributed by atoms with E-state index >= 15 is 0 Å². The first kappa shape index (κ1) is 15.6. The number of rotatable bonds is 2. The van der Waals surface area contributed by atoms with Crippen molar-refractivity contribution in [3.05, 3.63) is 12.7 Å².